The molecule has 3 rings (SSSR count). The van der Waals surface area contributed by atoms with E-state index in [0.29, 0.717) is 28.9 Å². The van der Waals surface area contributed by atoms with Gasteiger partial charge < -0.3 is 5.32 Å². The average Bonchev–Trinajstić information content (AvgIpc) is 2.93. The maximum absolute atomic E-state index is 13.6. The van der Waals surface area contributed by atoms with Crippen molar-refractivity contribution in [3.05, 3.63) is 70.6 Å². The number of hydrogen-bond donors (Lipinski definition) is 1. The fourth-order valence-corrected chi connectivity index (χ4v) is 2.96. The molecule has 0 saturated heterocycles. The minimum absolute atomic E-state index is 0.241. The van der Waals surface area contributed by atoms with Crippen molar-refractivity contribution in [1.82, 2.24) is 9.88 Å². The minimum atomic E-state index is -0.457. The third-order valence-corrected chi connectivity index (χ3v) is 4.17. The molecule has 0 aliphatic rings. The lowest BCUT2D eigenvalue weighted by atomic mass is 10.1. The molecule has 0 aliphatic carbocycles. The van der Waals surface area contributed by atoms with E-state index in [0.717, 1.165) is 5.56 Å². The van der Waals surface area contributed by atoms with Crippen molar-refractivity contribution in [3.8, 4) is 0 Å². The molecule has 0 fully saturated rings. The van der Waals surface area contributed by atoms with E-state index in [4.69, 9.17) is 11.6 Å². The van der Waals surface area contributed by atoms with E-state index in [1.807, 2.05) is 18.2 Å². The molecule has 4 nitrogen and oxygen atoms in total. The van der Waals surface area contributed by atoms with Crippen LogP contribution in [0.25, 0.3) is 10.9 Å². The summed E-state index contributed by atoms with van der Waals surface area (Å²) in [6, 6.07) is 11.4. The fraction of sp³-hybridized carbons (Fsp3) is 0.158. The Morgan fingerprint density at radius 1 is 1.20 bits per heavy atom. The number of nitrogens with zero attached hydrogens (tertiary/aromatic N) is 1. The first kappa shape index (κ1) is 17.2. The lowest BCUT2D eigenvalue weighted by Crippen LogP contribution is -2.25. The highest BCUT2D eigenvalue weighted by molar-refractivity contribution is 6.30. The van der Waals surface area contributed by atoms with Gasteiger partial charge in [0.05, 0.1) is 11.1 Å². The summed E-state index contributed by atoms with van der Waals surface area (Å²) in [6.07, 6.45) is 2.06. The van der Waals surface area contributed by atoms with Crippen LogP contribution in [-0.2, 0) is 6.42 Å². The van der Waals surface area contributed by atoms with Crippen LogP contribution in [-0.4, -0.2) is 22.9 Å². The Hall–Kier alpha value is -2.66. The third-order valence-electron chi connectivity index (χ3n) is 3.94. The summed E-state index contributed by atoms with van der Waals surface area (Å²) in [6.45, 7) is 1.80. The molecule has 0 unspecified atom stereocenters. The summed E-state index contributed by atoms with van der Waals surface area (Å²) in [5.41, 5.74) is 1.79. The number of benzene rings is 2. The summed E-state index contributed by atoms with van der Waals surface area (Å²) in [5.74, 6) is -1.05. The van der Waals surface area contributed by atoms with Gasteiger partial charge in [-0.25, -0.2) is 4.39 Å². The molecule has 0 spiro atoms. The highest BCUT2D eigenvalue weighted by Crippen LogP contribution is 2.22. The standard InChI is InChI=1S/C19H16ClFN2O2/c1-12(24)23-11-17(16-10-15(21)5-6-18(16)23)19(25)22-8-7-13-3-2-4-14(20)9-13/h2-6,9-11H,7-8H2,1H3,(H,22,25). The highest BCUT2D eigenvalue weighted by atomic mass is 35.5. The second-order valence-electron chi connectivity index (χ2n) is 5.73. The summed E-state index contributed by atoms with van der Waals surface area (Å²) in [7, 11) is 0. The zero-order valence-electron chi connectivity index (χ0n) is 13.6. The Bertz CT molecular complexity index is 965. The first-order chi connectivity index (χ1) is 12.0. The van der Waals surface area contributed by atoms with Gasteiger partial charge in [-0.1, -0.05) is 23.7 Å². The molecule has 0 aliphatic heterocycles. The van der Waals surface area contributed by atoms with Gasteiger partial charge >= 0.3 is 0 Å². The van der Waals surface area contributed by atoms with Crippen molar-refractivity contribution in [2.75, 3.05) is 6.54 Å². The second kappa shape index (κ2) is 7.07. The number of nitrogens with one attached hydrogen (secondary N) is 1. The number of hydrogen-bond acceptors (Lipinski definition) is 2. The van der Waals surface area contributed by atoms with Gasteiger partial charge in [-0.15, -0.1) is 0 Å². The van der Waals surface area contributed by atoms with Gasteiger partial charge in [0.1, 0.15) is 5.82 Å². The molecule has 0 radical (unpaired) electrons. The Morgan fingerprint density at radius 2 is 2.00 bits per heavy atom. The van der Waals surface area contributed by atoms with Crippen LogP contribution in [0.5, 0.6) is 0 Å². The normalized spacial score (nSPS) is 10.8. The molecule has 0 atom stereocenters. The van der Waals surface area contributed by atoms with Crippen LogP contribution < -0.4 is 5.32 Å². The third kappa shape index (κ3) is 3.72. The van der Waals surface area contributed by atoms with Crippen molar-refractivity contribution in [2.45, 2.75) is 13.3 Å². The number of carbonyl (C=O) groups excluding carboxylic acids is 2. The fourth-order valence-electron chi connectivity index (χ4n) is 2.75. The van der Waals surface area contributed by atoms with Gasteiger partial charge in [-0.3, -0.25) is 14.2 Å². The largest absolute Gasteiger partial charge is 0.352 e. The Kier molecular flexibility index (Phi) is 4.86. The van der Waals surface area contributed by atoms with Crippen LogP contribution in [0.4, 0.5) is 4.39 Å². The second-order valence-corrected chi connectivity index (χ2v) is 6.17. The van der Waals surface area contributed by atoms with Crippen LogP contribution in [0.15, 0.2) is 48.7 Å². The molecular weight excluding hydrogens is 343 g/mol. The molecule has 0 bridgehead atoms. The van der Waals surface area contributed by atoms with Crippen molar-refractivity contribution >= 4 is 34.3 Å². The molecule has 128 valence electrons. The van der Waals surface area contributed by atoms with Crippen LogP contribution in [0, 0.1) is 5.82 Å². The van der Waals surface area contributed by atoms with Gasteiger partial charge in [0.15, 0.2) is 0 Å². The van der Waals surface area contributed by atoms with Gasteiger partial charge in [0.2, 0.25) is 5.91 Å². The zero-order valence-corrected chi connectivity index (χ0v) is 14.3. The monoisotopic (exact) mass is 358 g/mol. The molecule has 1 heterocycles. The van der Waals surface area contributed by atoms with Gasteiger partial charge in [-0.2, -0.15) is 0 Å². The number of carbonyl (C=O) groups is 2. The Morgan fingerprint density at radius 3 is 2.72 bits per heavy atom. The van der Waals surface area contributed by atoms with E-state index in [9.17, 15) is 14.0 Å². The van der Waals surface area contributed by atoms with Gasteiger partial charge in [0, 0.05) is 30.1 Å². The molecule has 25 heavy (non-hydrogen) atoms. The highest BCUT2D eigenvalue weighted by Gasteiger charge is 2.17. The molecule has 0 saturated carbocycles. The van der Waals surface area contributed by atoms with E-state index in [1.165, 1.54) is 35.9 Å². The predicted molar refractivity (Wildman–Crippen MR) is 95.7 cm³/mol. The van der Waals surface area contributed by atoms with Crippen LogP contribution >= 0.6 is 11.6 Å². The molecule has 1 aromatic heterocycles. The van der Waals surface area contributed by atoms with Crippen molar-refractivity contribution in [2.24, 2.45) is 0 Å². The summed E-state index contributed by atoms with van der Waals surface area (Å²) in [5, 5.41) is 3.86. The van der Waals surface area contributed by atoms with Crippen molar-refractivity contribution < 1.29 is 14.0 Å². The molecule has 1 N–H and O–H groups in total. The van der Waals surface area contributed by atoms with Gasteiger partial charge in [-0.05, 0) is 42.3 Å². The minimum Gasteiger partial charge on any atom is -0.352 e. The molecule has 3 aromatic rings. The lowest BCUT2D eigenvalue weighted by Gasteiger charge is -2.05. The Labute approximate surface area is 149 Å². The molecule has 6 heteroatoms. The summed E-state index contributed by atoms with van der Waals surface area (Å²) >= 11 is 5.94. The molecule has 2 aromatic carbocycles. The van der Waals surface area contributed by atoms with Crippen LogP contribution in [0.1, 0.15) is 27.6 Å². The number of aromatic nitrogens is 1. The lowest BCUT2D eigenvalue weighted by molar-refractivity contribution is 0.0941. The smallest absolute Gasteiger partial charge is 0.253 e. The van der Waals surface area contributed by atoms with Crippen LogP contribution in [0.2, 0.25) is 5.02 Å². The first-order valence-corrected chi connectivity index (χ1v) is 8.17. The number of halogens is 2. The van der Waals surface area contributed by atoms with Crippen molar-refractivity contribution in [1.29, 1.82) is 0 Å². The van der Waals surface area contributed by atoms with E-state index in [1.54, 1.807) is 6.07 Å². The summed E-state index contributed by atoms with van der Waals surface area (Å²) < 4.78 is 14.9. The van der Waals surface area contributed by atoms with Gasteiger partial charge in [0.25, 0.3) is 5.91 Å². The van der Waals surface area contributed by atoms with E-state index < -0.39 is 5.82 Å². The van der Waals surface area contributed by atoms with Crippen LogP contribution in [0.3, 0.4) is 0 Å². The first-order valence-electron chi connectivity index (χ1n) is 7.80. The average molecular weight is 359 g/mol. The molecule has 1 amide bonds. The number of amides is 1. The topological polar surface area (TPSA) is 51.1 Å². The number of fused-ring (bicyclic) bond motifs is 1. The maximum atomic E-state index is 13.6. The Balaban J connectivity index is 1.80. The SMILES string of the molecule is CC(=O)n1cc(C(=O)NCCc2cccc(Cl)c2)c2cc(F)ccc21. The predicted octanol–water partition coefficient (Wildman–Crippen LogP) is 4.07. The zero-order chi connectivity index (χ0) is 18.0. The molecular formula is C19H16ClFN2O2. The van der Waals surface area contributed by atoms with Crippen molar-refractivity contribution in [3.63, 3.8) is 0 Å². The quantitative estimate of drug-likeness (QED) is 0.764. The summed E-state index contributed by atoms with van der Waals surface area (Å²) in [4.78, 5) is 24.2. The van der Waals surface area contributed by atoms with E-state index >= 15 is 0 Å². The number of rotatable bonds is 4. The van der Waals surface area contributed by atoms with E-state index in [-0.39, 0.29) is 17.4 Å². The van der Waals surface area contributed by atoms with E-state index in [2.05, 4.69) is 5.32 Å². The maximum Gasteiger partial charge on any atom is 0.253 e.